The highest BCUT2D eigenvalue weighted by Gasteiger charge is 2.31. The van der Waals surface area contributed by atoms with Crippen molar-refractivity contribution in [1.29, 1.82) is 0 Å². The van der Waals surface area contributed by atoms with Gasteiger partial charge in [0, 0.05) is 6.54 Å². The van der Waals surface area contributed by atoms with Gasteiger partial charge >= 0.3 is 0 Å². The normalized spacial score (nSPS) is 15.4. The summed E-state index contributed by atoms with van der Waals surface area (Å²) in [6.07, 6.45) is 0.137. The van der Waals surface area contributed by atoms with Crippen molar-refractivity contribution < 1.29 is 14.3 Å². The summed E-state index contributed by atoms with van der Waals surface area (Å²) in [7, 11) is 0. The van der Waals surface area contributed by atoms with Gasteiger partial charge < -0.3 is 20.3 Å². The van der Waals surface area contributed by atoms with Gasteiger partial charge in [-0.05, 0) is 30.7 Å². The summed E-state index contributed by atoms with van der Waals surface area (Å²) in [6.45, 7) is 2.84. The van der Waals surface area contributed by atoms with E-state index in [0.717, 1.165) is 12.1 Å². The van der Waals surface area contributed by atoms with Crippen LogP contribution in [0.5, 0.6) is 5.75 Å². The fraction of sp³-hybridized carbons (Fsp3) is 0.300. The molecule has 0 saturated carbocycles. The van der Waals surface area contributed by atoms with Crippen molar-refractivity contribution >= 4 is 46.4 Å². The van der Waals surface area contributed by atoms with Crippen molar-refractivity contribution in [3.05, 3.63) is 52.5 Å². The highest BCUT2D eigenvalue weighted by Crippen LogP contribution is 2.33. The molecule has 8 heteroatoms. The van der Waals surface area contributed by atoms with Gasteiger partial charge in [0.2, 0.25) is 5.91 Å². The van der Waals surface area contributed by atoms with Gasteiger partial charge in [-0.2, -0.15) is 0 Å². The largest absolute Gasteiger partial charge is 0.477 e. The van der Waals surface area contributed by atoms with Crippen molar-refractivity contribution in [2.75, 3.05) is 29.9 Å². The number of halogens is 2. The summed E-state index contributed by atoms with van der Waals surface area (Å²) in [6, 6.07) is 12.3. The molecule has 3 rings (SSSR count). The maximum Gasteiger partial charge on any atom is 0.262 e. The lowest BCUT2D eigenvalue weighted by Crippen LogP contribution is -2.50. The molecular formula is C20H21Cl2N3O3. The summed E-state index contributed by atoms with van der Waals surface area (Å²) in [4.78, 5) is 26.8. The van der Waals surface area contributed by atoms with E-state index in [-0.39, 0.29) is 24.9 Å². The average Bonchev–Trinajstić information content (AvgIpc) is 2.69. The summed E-state index contributed by atoms with van der Waals surface area (Å²) in [5.74, 6) is 0.0734. The molecule has 0 radical (unpaired) electrons. The van der Waals surface area contributed by atoms with Crippen LogP contribution in [0, 0.1) is 0 Å². The second kappa shape index (κ2) is 9.17. The molecule has 1 aliphatic rings. The van der Waals surface area contributed by atoms with E-state index < -0.39 is 6.10 Å². The summed E-state index contributed by atoms with van der Waals surface area (Å²) in [5.41, 5.74) is 1.12. The molecule has 2 aromatic carbocycles. The molecule has 1 atom stereocenters. The monoisotopic (exact) mass is 421 g/mol. The molecule has 0 spiro atoms. The van der Waals surface area contributed by atoms with Gasteiger partial charge in [0.15, 0.2) is 6.10 Å². The Morgan fingerprint density at radius 2 is 1.86 bits per heavy atom. The number of hydrogen-bond acceptors (Lipinski definition) is 4. The molecule has 2 aromatic rings. The van der Waals surface area contributed by atoms with E-state index in [1.807, 2.05) is 30.0 Å². The third kappa shape index (κ3) is 4.69. The number of anilines is 2. The molecule has 148 valence electrons. The molecule has 0 saturated heterocycles. The maximum absolute atomic E-state index is 12.6. The van der Waals surface area contributed by atoms with Crippen LogP contribution in [-0.2, 0) is 9.59 Å². The van der Waals surface area contributed by atoms with Gasteiger partial charge in [-0.3, -0.25) is 9.59 Å². The Kier molecular flexibility index (Phi) is 6.65. The van der Waals surface area contributed by atoms with Gasteiger partial charge in [-0.1, -0.05) is 48.3 Å². The predicted octanol–water partition coefficient (Wildman–Crippen LogP) is 3.73. The lowest BCUT2D eigenvalue weighted by Gasteiger charge is -2.35. The van der Waals surface area contributed by atoms with Gasteiger partial charge in [0.25, 0.3) is 5.91 Å². The molecule has 28 heavy (non-hydrogen) atoms. The van der Waals surface area contributed by atoms with E-state index >= 15 is 0 Å². The van der Waals surface area contributed by atoms with Crippen LogP contribution in [0.15, 0.2) is 42.5 Å². The second-order valence-corrected chi connectivity index (χ2v) is 7.21. The number of amides is 2. The fourth-order valence-corrected chi connectivity index (χ4v) is 3.42. The Morgan fingerprint density at radius 1 is 1.14 bits per heavy atom. The van der Waals surface area contributed by atoms with E-state index in [2.05, 4.69) is 10.6 Å². The van der Waals surface area contributed by atoms with Crippen LogP contribution in [0.4, 0.5) is 11.4 Å². The minimum Gasteiger partial charge on any atom is -0.477 e. The van der Waals surface area contributed by atoms with E-state index in [4.69, 9.17) is 27.9 Å². The number of para-hydroxylation sites is 3. The number of ether oxygens (including phenoxy) is 1. The Bertz CT molecular complexity index is 855. The van der Waals surface area contributed by atoms with Crippen LogP contribution in [0.2, 0.25) is 10.0 Å². The van der Waals surface area contributed by atoms with E-state index in [1.54, 1.807) is 24.3 Å². The average molecular weight is 422 g/mol. The number of rotatable bonds is 6. The van der Waals surface area contributed by atoms with E-state index in [0.29, 0.717) is 28.0 Å². The molecule has 0 aromatic heterocycles. The van der Waals surface area contributed by atoms with Crippen LogP contribution < -0.4 is 20.3 Å². The number of hydrogen-bond donors (Lipinski definition) is 2. The van der Waals surface area contributed by atoms with Crippen molar-refractivity contribution in [2.24, 2.45) is 0 Å². The predicted molar refractivity (Wildman–Crippen MR) is 111 cm³/mol. The molecule has 2 N–H and O–H groups in total. The molecule has 0 aliphatic carbocycles. The van der Waals surface area contributed by atoms with Crippen LogP contribution in [0.1, 0.15) is 13.3 Å². The molecular weight excluding hydrogens is 401 g/mol. The summed E-state index contributed by atoms with van der Waals surface area (Å²) < 4.78 is 5.83. The number of carbonyl (C=O) groups is 2. The van der Waals surface area contributed by atoms with Crippen molar-refractivity contribution in [2.45, 2.75) is 19.4 Å². The number of nitrogens with one attached hydrogen (secondary N) is 2. The first-order valence-corrected chi connectivity index (χ1v) is 9.77. The number of carbonyl (C=O) groups excluding carboxylic acids is 2. The highest BCUT2D eigenvalue weighted by molar-refractivity contribution is 6.39. The lowest BCUT2D eigenvalue weighted by atomic mass is 10.1. The van der Waals surface area contributed by atoms with Gasteiger partial charge in [-0.15, -0.1) is 0 Å². The van der Waals surface area contributed by atoms with Crippen LogP contribution in [0.3, 0.4) is 0 Å². The lowest BCUT2D eigenvalue weighted by molar-refractivity contribution is -0.128. The SMILES string of the molecule is CCCNC(=O)[C@H]1CN(CC(=O)Nc2c(Cl)cccc2Cl)c2ccccc2O1. The van der Waals surface area contributed by atoms with Crippen LogP contribution in [-0.4, -0.2) is 37.6 Å². The first kappa shape index (κ1) is 20.3. The van der Waals surface area contributed by atoms with Gasteiger partial charge in [0.05, 0.1) is 34.5 Å². The third-order valence-electron chi connectivity index (χ3n) is 4.26. The third-order valence-corrected chi connectivity index (χ3v) is 4.89. The zero-order valence-electron chi connectivity index (χ0n) is 15.4. The Hall–Kier alpha value is -2.44. The summed E-state index contributed by atoms with van der Waals surface area (Å²) >= 11 is 12.2. The molecule has 2 amide bonds. The first-order chi connectivity index (χ1) is 13.5. The Balaban J connectivity index is 1.75. The quantitative estimate of drug-likeness (QED) is 0.745. The smallest absolute Gasteiger partial charge is 0.262 e. The van der Waals surface area contributed by atoms with Gasteiger partial charge in [-0.25, -0.2) is 0 Å². The van der Waals surface area contributed by atoms with E-state index in [1.165, 1.54) is 0 Å². The highest BCUT2D eigenvalue weighted by atomic mass is 35.5. The maximum atomic E-state index is 12.6. The van der Waals surface area contributed by atoms with E-state index in [9.17, 15) is 9.59 Å². The standard InChI is InChI=1S/C20H21Cl2N3O3/c1-2-10-23-20(27)17-11-25(15-8-3-4-9-16(15)28-17)12-18(26)24-19-13(21)6-5-7-14(19)22/h3-9,17H,2,10-12H2,1H3,(H,23,27)(H,24,26)/t17-/m1/s1. The Labute approximate surface area is 173 Å². The van der Waals surface area contributed by atoms with Crippen LogP contribution >= 0.6 is 23.2 Å². The molecule has 0 bridgehead atoms. The zero-order chi connectivity index (χ0) is 20.1. The molecule has 0 fully saturated rings. The van der Waals surface area contributed by atoms with Crippen LogP contribution in [0.25, 0.3) is 0 Å². The topological polar surface area (TPSA) is 70.7 Å². The fourth-order valence-electron chi connectivity index (χ4n) is 2.92. The zero-order valence-corrected chi connectivity index (χ0v) is 16.9. The number of fused-ring (bicyclic) bond motifs is 1. The minimum absolute atomic E-state index is 0.0273. The number of benzene rings is 2. The molecule has 1 aliphatic heterocycles. The molecule has 1 heterocycles. The molecule has 0 unspecified atom stereocenters. The minimum atomic E-state index is -0.696. The van der Waals surface area contributed by atoms with Crippen molar-refractivity contribution in [1.82, 2.24) is 5.32 Å². The number of nitrogens with zero attached hydrogens (tertiary/aromatic N) is 1. The first-order valence-electron chi connectivity index (χ1n) is 9.01. The van der Waals surface area contributed by atoms with Crippen molar-refractivity contribution in [3.63, 3.8) is 0 Å². The van der Waals surface area contributed by atoms with Crippen molar-refractivity contribution in [3.8, 4) is 5.75 Å². The summed E-state index contributed by atoms with van der Waals surface area (Å²) in [5, 5.41) is 6.31. The molecule has 6 nitrogen and oxygen atoms in total. The second-order valence-electron chi connectivity index (χ2n) is 6.39. The Morgan fingerprint density at radius 3 is 2.57 bits per heavy atom. The van der Waals surface area contributed by atoms with Gasteiger partial charge in [0.1, 0.15) is 5.75 Å².